The summed E-state index contributed by atoms with van der Waals surface area (Å²) < 4.78 is 15.6. The first-order valence-electron chi connectivity index (χ1n) is 6.88. The Morgan fingerprint density at radius 3 is 2.67 bits per heavy atom. The maximum absolute atomic E-state index is 6.32. The molecule has 1 aromatic carbocycles. The van der Waals surface area contributed by atoms with Gasteiger partial charge in [-0.1, -0.05) is 35.5 Å². The van der Waals surface area contributed by atoms with Crippen molar-refractivity contribution in [3.63, 3.8) is 0 Å². The van der Waals surface area contributed by atoms with Crippen LogP contribution in [0.2, 0.25) is 0 Å². The summed E-state index contributed by atoms with van der Waals surface area (Å²) in [5.74, 6) is 0.996. The van der Waals surface area contributed by atoms with Gasteiger partial charge in [0.1, 0.15) is 5.54 Å². The molecular formula is C15H21N3O3. The normalized spacial score (nSPS) is 14.0. The highest BCUT2D eigenvalue weighted by atomic mass is 16.5. The third kappa shape index (κ3) is 4.10. The Kier molecular flexibility index (Phi) is 5.44. The Balaban J connectivity index is 1.96. The number of hydrogen-bond donors (Lipinski definition) is 1. The van der Waals surface area contributed by atoms with Crippen LogP contribution in [0, 0.1) is 0 Å². The molecule has 0 fully saturated rings. The highest BCUT2D eigenvalue weighted by Gasteiger charge is 2.30. The fourth-order valence-electron chi connectivity index (χ4n) is 1.88. The van der Waals surface area contributed by atoms with Gasteiger partial charge in [0.2, 0.25) is 0 Å². The molecule has 2 N–H and O–H groups in total. The first-order valence-corrected chi connectivity index (χ1v) is 6.88. The topological polar surface area (TPSA) is 83.4 Å². The van der Waals surface area contributed by atoms with E-state index >= 15 is 0 Å². The Bertz CT molecular complexity index is 540. The Morgan fingerprint density at radius 1 is 1.19 bits per heavy atom. The molecule has 2 aromatic rings. The van der Waals surface area contributed by atoms with Gasteiger partial charge in [-0.3, -0.25) is 0 Å². The van der Waals surface area contributed by atoms with Gasteiger partial charge in [-0.05, 0) is 12.5 Å². The molecule has 0 spiro atoms. The Hall–Kier alpha value is -1.76. The number of nitrogens with two attached hydrogens (primary N) is 1. The van der Waals surface area contributed by atoms with Gasteiger partial charge in [-0.25, -0.2) is 0 Å². The van der Waals surface area contributed by atoms with Crippen LogP contribution in [0.1, 0.15) is 24.2 Å². The van der Waals surface area contributed by atoms with Crippen LogP contribution >= 0.6 is 0 Å². The lowest BCUT2D eigenvalue weighted by Gasteiger charge is -2.20. The molecule has 0 saturated carbocycles. The van der Waals surface area contributed by atoms with E-state index in [1.807, 2.05) is 37.3 Å². The van der Waals surface area contributed by atoms with Crippen LogP contribution in [0.3, 0.4) is 0 Å². The summed E-state index contributed by atoms with van der Waals surface area (Å²) in [5.41, 5.74) is 6.45. The Labute approximate surface area is 124 Å². The maximum atomic E-state index is 6.32. The van der Waals surface area contributed by atoms with Crippen molar-refractivity contribution in [2.24, 2.45) is 5.73 Å². The summed E-state index contributed by atoms with van der Waals surface area (Å²) in [6, 6.07) is 9.69. The van der Waals surface area contributed by atoms with E-state index in [1.165, 1.54) is 0 Å². The third-order valence-corrected chi connectivity index (χ3v) is 3.19. The van der Waals surface area contributed by atoms with Crippen LogP contribution in [0.25, 0.3) is 0 Å². The van der Waals surface area contributed by atoms with Gasteiger partial charge in [-0.15, -0.1) is 0 Å². The van der Waals surface area contributed by atoms with E-state index in [2.05, 4.69) is 10.1 Å². The molecular weight excluding hydrogens is 270 g/mol. The second kappa shape index (κ2) is 7.31. The summed E-state index contributed by atoms with van der Waals surface area (Å²) in [7, 11) is 1.64. The summed E-state index contributed by atoms with van der Waals surface area (Å²) in [6.45, 7) is 3.51. The van der Waals surface area contributed by atoms with Gasteiger partial charge in [0.15, 0.2) is 5.82 Å². The molecule has 1 atom stereocenters. The molecule has 0 bridgehead atoms. The van der Waals surface area contributed by atoms with Gasteiger partial charge in [0, 0.05) is 13.5 Å². The van der Waals surface area contributed by atoms with Crippen LogP contribution in [0.4, 0.5) is 0 Å². The average molecular weight is 291 g/mol. The molecule has 0 aliphatic rings. The third-order valence-electron chi connectivity index (χ3n) is 3.19. The summed E-state index contributed by atoms with van der Waals surface area (Å²) in [4.78, 5) is 4.36. The summed E-state index contributed by atoms with van der Waals surface area (Å²) in [6.07, 6.45) is 0.581. The molecule has 0 saturated heterocycles. The van der Waals surface area contributed by atoms with Gasteiger partial charge in [0.25, 0.3) is 5.89 Å². The standard InChI is InChI=1S/C15H21N3O3/c1-15(16,12-6-4-3-5-7-12)14-17-13(18-21-14)8-9-20-11-10-19-2/h3-7H,8-11,16H2,1-2H3. The SMILES string of the molecule is COCCOCCc1noc(C(C)(N)c2ccccc2)n1. The van der Waals surface area contributed by atoms with Crippen molar-refractivity contribution in [3.8, 4) is 0 Å². The molecule has 1 aromatic heterocycles. The van der Waals surface area contributed by atoms with Crippen molar-refractivity contribution in [2.75, 3.05) is 26.9 Å². The van der Waals surface area contributed by atoms with Crippen molar-refractivity contribution in [1.29, 1.82) is 0 Å². The van der Waals surface area contributed by atoms with Crippen LogP contribution in [-0.4, -0.2) is 37.1 Å². The lowest BCUT2D eigenvalue weighted by molar-refractivity contribution is 0.0714. The van der Waals surface area contributed by atoms with Crippen molar-refractivity contribution >= 4 is 0 Å². The molecule has 2 rings (SSSR count). The van der Waals surface area contributed by atoms with E-state index in [-0.39, 0.29) is 0 Å². The largest absolute Gasteiger partial charge is 0.382 e. The van der Waals surface area contributed by atoms with Crippen LogP contribution in [0.15, 0.2) is 34.9 Å². The number of rotatable bonds is 8. The quantitative estimate of drug-likeness (QED) is 0.742. The van der Waals surface area contributed by atoms with E-state index in [0.29, 0.717) is 38.0 Å². The highest BCUT2D eigenvalue weighted by Crippen LogP contribution is 2.24. The molecule has 1 heterocycles. The fourth-order valence-corrected chi connectivity index (χ4v) is 1.88. The van der Waals surface area contributed by atoms with Crippen LogP contribution in [0.5, 0.6) is 0 Å². The van der Waals surface area contributed by atoms with Gasteiger partial charge < -0.3 is 19.7 Å². The summed E-state index contributed by atoms with van der Waals surface area (Å²) >= 11 is 0. The molecule has 0 radical (unpaired) electrons. The highest BCUT2D eigenvalue weighted by molar-refractivity contribution is 5.28. The lowest BCUT2D eigenvalue weighted by Crippen LogP contribution is -2.34. The zero-order valence-corrected chi connectivity index (χ0v) is 12.4. The van der Waals surface area contributed by atoms with Gasteiger partial charge in [-0.2, -0.15) is 4.98 Å². The minimum absolute atomic E-state index is 0.403. The Morgan fingerprint density at radius 2 is 1.95 bits per heavy atom. The summed E-state index contributed by atoms with van der Waals surface area (Å²) in [5, 5.41) is 3.95. The number of nitrogens with zero attached hydrogens (tertiary/aromatic N) is 2. The first kappa shape index (κ1) is 15.6. The van der Waals surface area contributed by atoms with E-state index in [0.717, 1.165) is 5.56 Å². The fraction of sp³-hybridized carbons (Fsp3) is 0.467. The van der Waals surface area contributed by atoms with Crippen molar-refractivity contribution in [3.05, 3.63) is 47.6 Å². The monoisotopic (exact) mass is 291 g/mol. The smallest absolute Gasteiger partial charge is 0.251 e. The molecule has 0 aliphatic carbocycles. The van der Waals surface area contributed by atoms with Gasteiger partial charge in [0.05, 0.1) is 19.8 Å². The molecule has 114 valence electrons. The maximum Gasteiger partial charge on any atom is 0.251 e. The second-order valence-electron chi connectivity index (χ2n) is 4.94. The van der Waals surface area contributed by atoms with E-state index in [4.69, 9.17) is 19.7 Å². The zero-order valence-electron chi connectivity index (χ0n) is 12.4. The number of ether oxygens (including phenoxy) is 2. The van der Waals surface area contributed by atoms with Crippen molar-refractivity contribution < 1.29 is 14.0 Å². The average Bonchev–Trinajstić information content (AvgIpc) is 2.98. The minimum Gasteiger partial charge on any atom is -0.382 e. The predicted octanol–water partition coefficient (Wildman–Crippen LogP) is 1.50. The van der Waals surface area contributed by atoms with E-state index in [9.17, 15) is 0 Å². The van der Waals surface area contributed by atoms with Crippen LogP contribution in [-0.2, 0) is 21.4 Å². The molecule has 21 heavy (non-hydrogen) atoms. The predicted molar refractivity (Wildman–Crippen MR) is 77.8 cm³/mol. The van der Waals surface area contributed by atoms with Crippen LogP contribution < -0.4 is 5.73 Å². The first-order chi connectivity index (χ1) is 10.1. The molecule has 0 amide bonds. The second-order valence-corrected chi connectivity index (χ2v) is 4.94. The van der Waals surface area contributed by atoms with Gasteiger partial charge >= 0.3 is 0 Å². The van der Waals surface area contributed by atoms with Crippen molar-refractivity contribution in [2.45, 2.75) is 18.9 Å². The number of methoxy groups -OCH3 is 1. The number of benzene rings is 1. The number of hydrogen-bond acceptors (Lipinski definition) is 6. The van der Waals surface area contributed by atoms with E-state index in [1.54, 1.807) is 7.11 Å². The molecule has 0 aliphatic heterocycles. The minimum atomic E-state index is -0.802. The number of aromatic nitrogens is 2. The zero-order chi connectivity index (χ0) is 15.1. The lowest BCUT2D eigenvalue weighted by atomic mass is 9.93. The molecule has 1 unspecified atom stereocenters. The van der Waals surface area contributed by atoms with Crippen molar-refractivity contribution in [1.82, 2.24) is 10.1 Å². The molecule has 6 heteroatoms. The van der Waals surface area contributed by atoms with E-state index < -0.39 is 5.54 Å². The molecule has 6 nitrogen and oxygen atoms in total.